The Morgan fingerprint density at radius 3 is 2.92 bits per heavy atom. The number of rotatable bonds is 6. The summed E-state index contributed by atoms with van der Waals surface area (Å²) >= 11 is 1.54. The number of benzene rings is 1. The van der Waals surface area contributed by atoms with Gasteiger partial charge in [0.25, 0.3) is 5.91 Å². The Kier molecular flexibility index (Phi) is 5.58. The topological polar surface area (TPSA) is 63.7 Å². The third-order valence-corrected chi connectivity index (χ3v) is 5.32. The van der Waals surface area contributed by atoms with E-state index in [1.54, 1.807) is 32.4 Å². The smallest absolute Gasteiger partial charge is 0.257 e. The molecule has 1 aromatic heterocycles. The molecule has 2 aromatic rings. The Hall–Kier alpha value is -2.38. The molecule has 0 aliphatic carbocycles. The van der Waals surface area contributed by atoms with Crippen LogP contribution in [0, 0.1) is 0 Å². The molecule has 3 rings (SSSR count). The third-order valence-electron chi connectivity index (χ3n) is 4.32. The second kappa shape index (κ2) is 7.88. The summed E-state index contributed by atoms with van der Waals surface area (Å²) in [5.74, 6) is 0.935. The summed E-state index contributed by atoms with van der Waals surface area (Å²) in [7, 11) is 5.23. The Bertz CT molecular complexity index is 832. The average Bonchev–Trinajstić information content (AvgIpc) is 3.02. The van der Waals surface area contributed by atoms with Gasteiger partial charge < -0.3 is 14.4 Å². The Morgan fingerprint density at radius 1 is 1.42 bits per heavy atom. The number of likely N-dealkylation sites (N-methyl/N-ethyl adjacent to an activating group) is 1. The number of thiazole rings is 1. The van der Waals surface area contributed by atoms with Gasteiger partial charge >= 0.3 is 0 Å². The Labute approximate surface area is 157 Å². The van der Waals surface area contributed by atoms with E-state index in [1.807, 2.05) is 0 Å². The molecule has 0 saturated carbocycles. The predicted molar refractivity (Wildman–Crippen MR) is 104 cm³/mol. The Balaban J connectivity index is 1.85. The zero-order chi connectivity index (χ0) is 18.7. The van der Waals surface area contributed by atoms with Gasteiger partial charge in [0.2, 0.25) is 0 Å². The van der Waals surface area contributed by atoms with Crippen molar-refractivity contribution >= 4 is 22.4 Å². The van der Waals surface area contributed by atoms with Gasteiger partial charge in [0.05, 0.1) is 19.9 Å². The maximum Gasteiger partial charge on any atom is 0.257 e. The maximum atomic E-state index is 12.7. The summed E-state index contributed by atoms with van der Waals surface area (Å²) < 4.78 is 10.8. The van der Waals surface area contributed by atoms with E-state index in [4.69, 9.17) is 9.47 Å². The van der Waals surface area contributed by atoms with Crippen LogP contribution in [-0.4, -0.2) is 43.6 Å². The monoisotopic (exact) mass is 373 g/mol. The highest BCUT2D eigenvalue weighted by atomic mass is 32.1. The number of fused-ring (bicyclic) bond motifs is 1. The van der Waals surface area contributed by atoms with E-state index in [0.717, 1.165) is 30.8 Å². The number of allylic oxidation sites excluding steroid dienone is 1. The molecule has 7 heteroatoms. The van der Waals surface area contributed by atoms with Gasteiger partial charge in [0.1, 0.15) is 0 Å². The molecule has 1 aromatic carbocycles. The van der Waals surface area contributed by atoms with Crippen LogP contribution in [-0.2, 0) is 19.4 Å². The first-order valence-electron chi connectivity index (χ1n) is 8.40. The van der Waals surface area contributed by atoms with Crippen LogP contribution in [0.3, 0.4) is 0 Å². The molecule has 2 heterocycles. The van der Waals surface area contributed by atoms with Crippen molar-refractivity contribution in [2.45, 2.75) is 19.4 Å². The van der Waals surface area contributed by atoms with E-state index >= 15 is 0 Å². The van der Waals surface area contributed by atoms with Crippen molar-refractivity contribution in [1.29, 1.82) is 0 Å². The molecule has 1 amide bonds. The van der Waals surface area contributed by atoms with Gasteiger partial charge in [-0.1, -0.05) is 6.08 Å². The molecule has 26 heavy (non-hydrogen) atoms. The second-order valence-corrected chi connectivity index (χ2v) is 7.28. The lowest BCUT2D eigenvalue weighted by Crippen LogP contribution is -2.25. The fourth-order valence-electron chi connectivity index (χ4n) is 3.03. The van der Waals surface area contributed by atoms with Crippen LogP contribution in [0.15, 0.2) is 24.8 Å². The van der Waals surface area contributed by atoms with E-state index in [9.17, 15) is 4.79 Å². The number of hydrogen-bond donors (Lipinski definition) is 1. The van der Waals surface area contributed by atoms with E-state index in [0.29, 0.717) is 28.6 Å². The number of nitrogens with one attached hydrogen (secondary N) is 1. The van der Waals surface area contributed by atoms with Crippen LogP contribution in [0.5, 0.6) is 11.5 Å². The number of carbonyl (C=O) groups is 1. The van der Waals surface area contributed by atoms with Gasteiger partial charge in [-0.2, -0.15) is 0 Å². The van der Waals surface area contributed by atoms with Crippen molar-refractivity contribution in [2.75, 3.05) is 33.1 Å². The summed E-state index contributed by atoms with van der Waals surface area (Å²) in [5, 5.41) is 3.55. The molecule has 0 saturated heterocycles. The van der Waals surface area contributed by atoms with Gasteiger partial charge in [-0.05, 0) is 25.6 Å². The summed E-state index contributed by atoms with van der Waals surface area (Å²) in [6, 6.07) is 3.49. The van der Waals surface area contributed by atoms with Crippen molar-refractivity contribution in [3.05, 3.63) is 46.5 Å². The zero-order valence-electron chi connectivity index (χ0n) is 15.3. The molecular formula is C19H23N3O3S. The lowest BCUT2D eigenvalue weighted by atomic mass is 10.1. The largest absolute Gasteiger partial charge is 0.493 e. The third kappa shape index (κ3) is 3.73. The minimum Gasteiger partial charge on any atom is -0.493 e. The normalized spacial score (nSPS) is 13.8. The second-order valence-electron chi connectivity index (χ2n) is 6.19. The van der Waals surface area contributed by atoms with E-state index in [-0.39, 0.29) is 5.91 Å². The summed E-state index contributed by atoms with van der Waals surface area (Å²) in [4.78, 5) is 20.8. The molecule has 6 nitrogen and oxygen atoms in total. The highest BCUT2D eigenvalue weighted by Crippen LogP contribution is 2.34. The van der Waals surface area contributed by atoms with Crippen molar-refractivity contribution in [3.8, 4) is 11.5 Å². The van der Waals surface area contributed by atoms with Crippen molar-refractivity contribution in [3.63, 3.8) is 0 Å². The fourth-order valence-corrected chi connectivity index (χ4v) is 4.11. The van der Waals surface area contributed by atoms with E-state index in [1.165, 1.54) is 16.2 Å². The van der Waals surface area contributed by atoms with E-state index in [2.05, 4.69) is 28.8 Å². The van der Waals surface area contributed by atoms with Crippen molar-refractivity contribution in [1.82, 2.24) is 9.88 Å². The number of ether oxygens (including phenoxy) is 2. The fraction of sp³-hybridized carbons (Fsp3) is 0.368. The van der Waals surface area contributed by atoms with Gasteiger partial charge in [0.15, 0.2) is 16.6 Å². The number of hydrogen-bond acceptors (Lipinski definition) is 6. The highest BCUT2D eigenvalue weighted by Gasteiger charge is 2.21. The minimum absolute atomic E-state index is 0.212. The van der Waals surface area contributed by atoms with Crippen LogP contribution in [0.2, 0.25) is 0 Å². The first-order chi connectivity index (χ1) is 12.5. The van der Waals surface area contributed by atoms with Crippen LogP contribution >= 0.6 is 11.3 Å². The average molecular weight is 373 g/mol. The highest BCUT2D eigenvalue weighted by molar-refractivity contribution is 7.15. The number of amides is 1. The summed E-state index contributed by atoms with van der Waals surface area (Å²) in [6.45, 7) is 5.63. The van der Waals surface area contributed by atoms with E-state index < -0.39 is 0 Å². The molecule has 0 spiro atoms. The van der Waals surface area contributed by atoms with Crippen LogP contribution in [0.25, 0.3) is 0 Å². The number of nitrogens with zero attached hydrogens (tertiary/aromatic N) is 2. The first kappa shape index (κ1) is 18.4. The van der Waals surface area contributed by atoms with Crippen LogP contribution in [0.4, 0.5) is 5.13 Å². The lowest BCUT2D eigenvalue weighted by molar-refractivity contribution is 0.102. The predicted octanol–water partition coefficient (Wildman–Crippen LogP) is 3.13. The molecule has 138 valence electrons. The molecule has 0 atom stereocenters. The molecule has 1 aliphatic heterocycles. The molecule has 0 fully saturated rings. The number of carbonyl (C=O) groups excluding carboxylic acids is 1. The summed E-state index contributed by atoms with van der Waals surface area (Å²) in [6.07, 6.45) is 3.26. The Morgan fingerprint density at radius 2 is 2.23 bits per heavy atom. The number of aromatic nitrogens is 1. The minimum atomic E-state index is -0.212. The standard InChI is InChI=1S/C19H23N3O3S/c1-5-6-12-9-13(10-15(24-3)17(12)25-4)18(23)21-19-20-14-7-8-22(2)11-16(14)26-19/h5,9-10H,1,6-8,11H2,2-4H3,(H,20,21,23). The van der Waals surface area contributed by atoms with Gasteiger partial charge in [-0.25, -0.2) is 4.98 Å². The molecule has 1 aliphatic rings. The number of anilines is 1. The molecule has 0 unspecified atom stereocenters. The van der Waals surface area contributed by atoms with Crippen molar-refractivity contribution in [2.24, 2.45) is 0 Å². The van der Waals surface area contributed by atoms with Gasteiger partial charge in [-0.15, -0.1) is 17.9 Å². The lowest BCUT2D eigenvalue weighted by Gasteiger charge is -2.20. The molecular weight excluding hydrogens is 350 g/mol. The molecule has 1 N–H and O–H groups in total. The van der Waals surface area contributed by atoms with Gasteiger partial charge in [0, 0.05) is 35.5 Å². The first-order valence-corrected chi connectivity index (χ1v) is 9.21. The molecule has 0 bridgehead atoms. The SMILES string of the molecule is C=CCc1cc(C(=O)Nc2nc3c(s2)CN(C)CC3)cc(OC)c1OC. The maximum absolute atomic E-state index is 12.7. The summed E-state index contributed by atoms with van der Waals surface area (Å²) in [5.41, 5.74) is 2.44. The van der Waals surface area contributed by atoms with Crippen molar-refractivity contribution < 1.29 is 14.3 Å². The van der Waals surface area contributed by atoms with Gasteiger partial charge in [-0.3, -0.25) is 10.1 Å². The quantitative estimate of drug-likeness (QED) is 0.788. The zero-order valence-corrected chi connectivity index (χ0v) is 16.1. The molecule has 0 radical (unpaired) electrons. The number of methoxy groups -OCH3 is 2. The van der Waals surface area contributed by atoms with Crippen LogP contribution < -0.4 is 14.8 Å². The van der Waals surface area contributed by atoms with Crippen LogP contribution in [0.1, 0.15) is 26.5 Å².